The maximum atomic E-state index is 12.2. The Morgan fingerprint density at radius 1 is 1.33 bits per heavy atom. The van der Waals surface area contributed by atoms with Gasteiger partial charge in [-0.05, 0) is 26.0 Å². The van der Waals surface area contributed by atoms with E-state index in [0.717, 1.165) is 16.9 Å². The number of hydrogen-bond donors (Lipinski definition) is 2. The molecule has 2 heterocycles. The van der Waals surface area contributed by atoms with Gasteiger partial charge in [-0.25, -0.2) is 15.0 Å². The summed E-state index contributed by atoms with van der Waals surface area (Å²) in [6.07, 6.45) is 2.94. The van der Waals surface area contributed by atoms with Crippen LogP contribution in [0.25, 0.3) is 11.0 Å². The number of imidazole rings is 1. The van der Waals surface area contributed by atoms with Gasteiger partial charge < -0.3 is 10.3 Å². The van der Waals surface area contributed by atoms with E-state index in [-0.39, 0.29) is 11.9 Å². The summed E-state index contributed by atoms with van der Waals surface area (Å²) >= 11 is 0. The quantitative estimate of drug-likeness (QED) is 0.770. The zero-order chi connectivity index (χ0) is 14.8. The van der Waals surface area contributed by atoms with E-state index in [1.165, 1.54) is 12.5 Å². The van der Waals surface area contributed by atoms with Crippen LogP contribution in [0.3, 0.4) is 0 Å². The molecule has 1 aromatic carbocycles. The van der Waals surface area contributed by atoms with E-state index < -0.39 is 0 Å². The number of carbonyl (C=O) groups excluding carboxylic acids is 1. The van der Waals surface area contributed by atoms with Crippen LogP contribution in [0.1, 0.15) is 34.8 Å². The third kappa shape index (κ3) is 2.60. The number of rotatable bonds is 3. The first kappa shape index (κ1) is 13.2. The van der Waals surface area contributed by atoms with Crippen molar-refractivity contribution < 1.29 is 4.79 Å². The second kappa shape index (κ2) is 5.32. The van der Waals surface area contributed by atoms with Gasteiger partial charge in [-0.15, -0.1) is 0 Å². The van der Waals surface area contributed by atoms with E-state index in [9.17, 15) is 4.79 Å². The molecule has 0 bridgehead atoms. The number of aromatic nitrogens is 4. The smallest absolute Gasteiger partial charge is 0.255 e. The van der Waals surface area contributed by atoms with Crippen LogP contribution in [0.15, 0.2) is 36.8 Å². The number of benzene rings is 1. The lowest BCUT2D eigenvalue weighted by molar-refractivity contribution is 0.0937. The number of amides is 1. The molecule has 1 amide bonds. The Balaban J connectivity index is 1.81. The van der Waals surface area contributed by atoms with Gasteiger partial charge in [-0.1, -0.05) is 12.1 Å². The maximum absolute atomic E-state index is 12.2. The predicted molar refractivity (Wildman–Crippen MR) is 78.7 cm³/mol. The summed E-state index contributed by atoms with van der Waals surface area (Å²) in [7, 11) is 0. The average molecular weight is 281 g/mol. The maximum Gasteiger partial charge on any atom is 0.255 e. The Labute approximate surface area is 121 Å². The summed E-state index contributed by atoms with van der Waals surface area (Å²) < 4.78 is 0. The molecule has 6 nitrogen and oxygen atoms in total. The van der Waals surface area contributed by atoms with Crippen LogP contribution in [0, 0.1) is 6.92 Å². The summed E-state index contributed by atoms with van der Waals surface area (Å²) in [5.41, 5.74) is 2.96. The zero-order valence-corrected chi connectivity index (χ0v) is 11.8. The first-order valence-corrected chi connectivity index (χ1v) is 6.67. The number of hydrogen-bond acceptors (Lipinski definition) is 4. The number of aromatic amines is 1. The summed E-state index contributed by atoms with van der Waals surface area (Å²) in [5, 5.41) is 2.90. The fourth-order valence-electron chi connectivity index (χ4n) is 2.13. The Bertz CT molecular complexity index is 762. The Morgan fingerprint density at radius 3 is 2.90 bits per heavy atom. The van der Waals surface area contributed by atoms with Gasteiger partial charge >= 0.3 is 0 Å². The van der Waals surface area contributed by atoms with Crippen molar-refractivity contribution in [2.45, 2.75) is 19.9 Å². The average Bonchev–Trinajstić information content (AvgIpc) is 2.91. The van der Waals surface area contributed by atoms with Gasteiger partial charge in [0.2, 0.25) is 0 Å². The van der Waals surface area contributed by atoms with Crippen molar-refractivity contribution in [1.82, 2.24) is 25.3 Å². The summed E-state index contributed by atoms with van der Waals surface area (Å²) in [4.78, 5) is 27.8. The third-order valence-electron chi connectivity index (χ3n) is 3.32. The molecule has 0 radical (unpaired) electrons. The Morgan fingerprint density at radius 2 is 2.14 bits per heavy atom. The Hall–Kier alpha value is -2.76. The molecule has 0 aliphatic rings. The van der Waals surface area contributed by atoms with Crippen molar-refractivity contribution >= 4 is 16.9 Å². The molecular weight excluding hydrogens is 266 g/mol. The number of carbonyl (C=O) groups is 1. The van der Waals surface area contributed by atoms with E-state index in [1.807, 2.05) is 31.2 Å². The van der Waals surface area contributed by atoms with Crippen molar-refractivity contribution in [3.8, 4) is 0 Å². The number of nitrogens with zero attached hydrogens (tertiary/aromatic N) is 3. The van der Waals surface area contributed by atoms with E-state index in [2.05, 4.69) is 25.3 Å². The molecule has 3 rings (SSSR count). The van der Waals surface area contributed by atoms with Crippen LogP contribution in [-0.4, -0.2) is 25.8 Å². The molecule has 2 N–H and O–H groups in total. The van der Waals surface area contributed by atoms with Crippen LogP contribution < -0.4 is 5.32 Å². The Kier molecular flexibility index (Phi) is 3.35. The number of aryl methyl sites for hydroxylation is 1. The number of fused-ring (bicyclic) bond motifs is 1. The molecule has 1 atom stereocenters. The summed E-state index contributed by atoms with van der Waals surface area (Å²) in [5.74, 6) is 0.514. The number of para-hydroxylation sites is 2. The highest BCUT2D eigenvalue weighted by atomic mass is 16.1. The largest absolute Gasteiger partial charge is 0.342 e. The molecular formula is C15H15N5O. The standard InChI is InChI=1S/C15H15N5O/c1-9-11(7-16-8-17-9)15(21)18-10(2)14-19-12-5-3-4-6-13(12)20-14/h3-8,10H,1-2H3,(H,18,21)(H,19,20)/t10-/m1/s1. The monoisotopic (exact) mass is 281 g/mol. The van der Waals surface area contributed by atoms with E-state index in [4.69, 9.17) is 0 Å². The topological polar surface area (TPSA) is 83.6 Å². The fraction of sp³-hybridized carbons (Fsp3) is 0.200. The van der Waals surface area contributed by atoms with Gasteiger partial charge in [0.25, 0.3) is 5.91 Å². The second-order valence-electron chi connectivity index (χ2n) is 4.86. The highest BCUT2D eigenvalue weighted by Crippen LogP contribution is 2.16. The van der Waals surface area contributed by atoms with Crippen molar-refractivity contribution in [1.29, 1.82) is 0 Å². The molecule has 6 heteroatoms. The van der Waals surface area contributed by atoms with Crippen molar-refractivity contribution in [3.05, 3.63) is 53.9 Å². The molecule has 21 heavy (non-hydrogen) atoms. The molecule has 0 spiro atoms. The second-order valence-corrected chi connectivity index (χ2v) is 4.86. The molecule has 0 aliphatic heterocycles. The van der Waals surface area contributed by atoms with Crippen molar-refractivity contribution in [3.63, 3.8) is 0 Å². The lowest BCUT2D eigenvalue weighted by Gasteiger charge is -2.12. The molecule has 0 fully saturated rings. The van der Waals surface area contributed by atoms with Gasteiger partial charge in [-0.2, -0.15) is 0 Å². The van der Waals surface area contributed by atoms with Gasteiger partial charge in [0, 0.05) is 6.20 Å². The van der Waals surface area contributed by atoms with Crippen LogP contribution in [0.4, 0.5) is 0 Å². The molecule has 0 saturated heterocycles. The fourth-order valence-corrected chi connectivity index (χ4v) is 2.13. The lowest BCUT2D eigenvalue weighted by Crippen LogP contribution is -2.28. The summed E-state index contributed by atoms with van der Waals surface area (Å²) in [6, 6.07) is 7.53. The van der Waals surface area contributed by atoms with Crippen molar-refractivity contribution in [2.24, 2.45) is 0 Å². The molecule has 0 aliphatic carbocycles. The van der Waals surface area contributed by atoms with E-state index in [1.54, 1.807) is 6.92 Å². The van der Waals surface area contributed by atoms with Gasteiger partial charge in [0.15, 0.2) is 0 Å². The first-order valence-electron chi connectivity index (χ1n) is 6.67. The molecule has 0 unspecified atom stereocenters. The van der Waals surface area contributed by atoms with Crippen molar-refractivity contribution in [2.75, 3.05) is 0 Å². The summed E-state index contributed by atoms with van der Waals surface area (Å²) in [6.45, 7) is 3.66. The SMILES string of the molecule is Cc1ncncc1C(=O)N[C@H](C)c1nc2ccccc2[nH]1. The van der Waals surface area contributed by atoms with Gasteiger partial charge in [-0.3, -0.25) is 4.79 Å². The van der Waals surface area contributed by atoms with E-state index >= 15 is 0 Å². The lowest BCUT2D eigenvalue weighted by atomic mass is 10.2. The minimum Gasteiger partial charge on any atom is -0.342 e. The minimum absolute atomic E-state index is 0.207. The predicted octanol–water partition coefficient (Wildman–Crippen LogP) is 2.15. The molecule has 3 aromatic rings. The third-order valence-corrected chi connectivity index (χ3v) is 3.32. The van der Waals surface area contributed by atoms with Gasteiger partial charge in [0.1, 0.15) is 12.2 Å². The highest BCUT2D eigenvalue weighted by Gasteiger charge is 2.16. The minimum atomic E-state index is -0.232. The normalized spacial score (nSPS) is 12.3. The highest BCUT2D eigenvalue weighted by molar-refractivity contribution is 5.95. The number of nitrogens with one attached hydrogen (secondary N) is 2. The van der Waals surface area contributed by atoms with E-state index in [0.29, 0.717) is 11.3 Å². The molecule has 0 saturated carbocycles. The van der Waals surface area contributed by atoms with Crippen LogP contribution >= 0.6 is 0 Å². The molecule has 106 valence electrons. The first-order chi connectivity index (χ1) is 10.1. The van der Waals surface area contributed by atoms with Crippen LogP contribution in [-0.2, 0) is 0 Å². The van der Waals surface area contributed by atoms with Crippen LogP contribution in [0.5, 0.6) is 0 Å². The number of H-pyrrole nitrogens is 1. The zero-order valence-electron chi connectivity index (χ0n) is 11.8. The van der Waals surface area contributed by atoms with Crippen LogP contribution in [0.2, 0.25) is 0 Å². The van der Waals surface area contributed by atoms with Gasteiger partial charge in [0.05, 0.1) is 28.3 Å². The molecule has 2 aromatic heterocycles.